The summed E-state index contributed by atoms with van der Waals surface area (Å²) in [6, 6.07) is 1.67. The number of ketones is 1. The van der Waals surface area contributed by atoms with Crippen molar-refractivity contribution in [3.63, 3.8) is 0 Å². The van der Waals surface area contributed by atoms with Crippen molar-refractivity contribution >= 4 is 5.78 Å². The van der Waals surface area contributed by atoms with Gasteiger partial charge in [-0.05, 0) is 34.6 Å². The Labute approximate surface area is 126 Å². The van der Waals surface area contributed by atoms with E-state index in [1.165, 1.54) is 25.5 Å². The first-order valence-corrected chi connectivity index (χ1v) is 6.53. The average Bonchev–Trinajstić information content (AvgIpc) is 2.87. The van der Waals surface area contributed by atoms with Gasteiger partial charge in [0, 0.05) is 17.3 Å². The molecule has 2 rings (SSSR count). The molecule has 0 fully saturated rings. The lowest BCUT2D eigenvalue weighted by atomic mass is 10.2. The van der Waals surface area contributed by atoms with Crippen LogP contribution in [0.15, 0.2) is 10.6 Å². The Hall–Kier alpha value is -2.12. The van der Waals surface area contributed by atoms with Crippen molar-refractivity contribution < 1.29 is 22.5 Å². The zero-order chi connectivity index (χ0) is 17.1. The Morgan fingerprint density at radius 1 is 1.27 bits per heavy atom. The van der Waals surface area contributed by atoms with Crippen molar-refractivity contribution in [1.82, 2.24) is 14.9 Å². The van der Waals surface area contributed by atoms with Gasteiger partial charge in [-0.15, -0.1) is 0 Å². The second kappa shape index (κ2) is 6.76. The molecule has 0 radical (unpaired) electrons. The van der Waals surface area contributed by atoms with Crippen LogP contribution in [-0.2, 0) is 17.5 Å². The molecule has 0 aliphatic heterocycles. The van der Waals surface area contributed by atoms with Gasteiger partial charge in [0.05, 0.1) is 5.69 Å². The van der Waals surface area contributed by atoms with Crippen LogP contribution in [0, 0.1) is 20.8 Å². The second-order valence-corrected chi connectivity index (χ2v) is 5.06. The summed E-state index contributed by atoms with van der Waals surface area (Å²) in [6.45, 7) is 7.95. The number of hydrogen-bond acceptors (Lipinski definition) is 4. The molecule has 0 unspecified atom stereocenters. The highest BCUT2D eigenvalue weighted by Gasteiger charge is 2.37. The number of Topliss-reactive ketones (excluding diaryl/α,β-unsaturated/α-hetero) is 1. The van der Waals surface area contributed by atoms with E-state index in [9.17, 15) is 18.0 Å². The van der Waals surface area contributed by atoms with Crippen molar-refractivity contribution in [3.05, 3.63) is 34.5 Å². The summed E-state index contributed by atoms with van der Waals surface area (Å²) in [6.07, 6.45) is -4.43. The molecule has 0 aliphatic carbocycles. The van der Waals surface area contributed by atoms with Gasteiger partial charge in [-0.1, -0.05) is 5.16 Å². The van der Waals surface area contributed by atoms with Crippen LogP contribution < -0.4 is 0 Å². The molecule has 0 saturated heterocycles. The van der Waals surface area contributed by atoms with E-state index < -0.39 is 11.9 Å². The van der Waals surface area contributed by atoms with Crippen molar-refractivity contribution in [2.75, 3.05) is 0 Å². The molecule has 0 atom stereocenters. The van der Waals surface area contributed by atoms with Crippen molar-refractivity contribution in [2.45, 2.75) is 47.3 Å². The number of alkyl halides is 3. The molecular weight excluding hydrogens is 299 g/mol. The van der Waals surface area contributed by atoms with Crippen LogP contribution in [0.3, 0.4) is 0 Å². The van der Waals surface area contributed by atoms with Gasteiger partial charge in [-0.25, -0.2) is 0 Å². The van der Waals surface area contributed by atoms with Gasteiger partial charge in [0.1, 0.15) is 12.3 Å². The molecule has 0 amide bonds. The molecule has 0 N–H and O–H groups in total. The summed E-state index contributed by atoms with van der Waals surface area (Å²) >= 11 is 0. The van der Waals surface area contributed by atoms with E-state index in [0.29, 0.717) is 17.1 Å². The SMILES string of the molecule is CC(C)=O.Cc1cc(Cn2nc(C(F)(F)F)c(C)c2C)on1. The van der Waals surface area contributed by atoms with Gasteiger partial charge < -0.3 is 9.32 Å². The zero-order valence-electron chi connectivity index (χ0n) is 13.1. The lowest BCUT2D eigenvalue weighted by molar-refractivity contribution is -0.142. The molecule has 122 valence electrons. The lowest BCUT2D eigenvalue weighted by Gasteiger charge is -2.02. The van der Waals surface area contributed by atoms with Crippen LogP contribution in [0.25, 0.3) is 0 Å². The zero-order valence-corrected chi connectivity index (χ0v) is 13.1. The number of carbonyl (C=O) groups is 1. The van der Waals surface area contributed by atoms with E-state index >= 15 is 0 Å². The Bertz CT molecular complexity index is 653. The van der Waals surface area contributed by atoms with Gasteiger partial charge in [-0.3, -0.25) is 4.68 Å². The Morgan fingerprint density at radius 3 is 2.18 bits per heavy atom. The summed E-state index contributed by atoms with van der Waals surface area (Å²) in [5, 5.41) is 7.27. The number of hydrogen-bond donors (Lipinski definition) is 0. The number of rotatable bonds is 2. The van der Waals surface area contributed by atoms with Crippen molar-refractivity contribution in [3.8, 4) is 0 Å². The van der Waals surface area contributed by atoms with Gasteiger partial charge in [0.15, 0.2) is 11.5 Å². The minimum atomic E-state index is -4.43. The first-order chi connectivity index (χ1) is 10.0. The summed E-state index contributed by atoms with van der Waals surface area (Å²) in [5.41, 5.74) is 0.439. The molecule has 2 heterocycles. The molecule has 2 aromatic heterocycles. The molecule has 5 nitrogen and oxygen atoms in total. The first kappa shape index (κ1) is 17.9. The fourth-order valence-electron chi connectivity index (χ4n) is 1.70. The molecule has 0 bridgehead atoms. The van der Waals surface area contributed by atoms with Crippen LogP contribution >= 0.6 is 0 Å². The van der Waals surface area contributed by atoms with Crippen LogP contribution in [0.2, 0.25) is 0 Å². The predicted octanol–water partition coefficient (Wildman–Crippen LogP) is 3.46. The molecule has 2 aromatic rings. The van der Waals surface area contributed by atoms with E-state index in [1.54, 1.807) is 19.9 Å². The first-order valence-electron chi connectivity index (χ1n) is 6.53. The van der Waals surface area contributed by atoms with Crippen molar-refractivity contribution in [1.29, 1.82) is 0 Å². The van der Waals surface area contributed by atoms with Crippen LogP contribution in [0.5, 0.6) is 0 Å². The van der Waals surface area contributed by atoms with Gasteiger partial charge >= 0.3 is 6.18 Å². The quantitative estimate of drug-likeness (QED) is 0.851. The number of carbonyl (C=O) groups excluding carboxylic acids is 1. The van der Waals surface area contributed by atoms with E-state index in [4.69, 9.17) is 4.52 Å². The summed E-state index contributed by atoms with van der Waals surface area (Å²) in [5.74, 6) is 0.645. The summed E-state index contributed by atoms with van der Waals surface area (Å²) < 4.78 is 44.3. The smallest absolute Gasteiger partial charge is 0.359 e. The maximum Gasteiger partial charge on any atom is 0.435 e. The Kier molecular flexibility index (Phi) is 5.51. The summed E-state index contributed by atoms with van der Waals surface area (Å²) in [7, 11) is 0. The van der Waals surface area contributed by atoms with Crippen LogP contribution in [-0.4, -0.2) is 20.7 Å². The van der Waals surface area contributed by atoms with Gasteiger partial charge in [-0.2, -0.15) is 18.3 Å². The second-order valence-electron chi connectivity index (χ2n) is 5.06. The number of aryl methyl sites for hydroxylation is 1. The predicted molar refractivity (Wildman–Crippen MR) is 73.4 cm³/mol. The Morgan fingerprint density at radius 2 is 1.82 bits per heavy atom. The normalized spacial score (nSPS) is 11.1. The minimum Gasteiger partial charge on any atom is -0.359 e. The highest BCUT2D eigenvalue weighted by Crippen LogP contribution is 2.32. The maximum absolute atomic E-state index is 12.7. The minimum absolute atomic E-state index is 0.138. The van der Waals surface area contributed by atoms with E-state index in [2.05, 4.69) is 10.3 Å². The molecule has 22 heavy (non-hydrogen) atoms. The largest absolute Gasteiger partial charge is 0.435 e. The number of aromatic nitrogens is 3. The summed E-state index contributed by atoms with van der Waals surface area (Å²) in [4.78, 5) is 9.44. The lowest BCUT2D eigenvalue weighted by Crippen LogP contribution is -2.09. The number of nitrogens with zero attached hydrogens (tertiary/aromatic N) is 3. The Balaban J connectivity index is 0.000000541. The highest BCUT2D eigenvalue weighted by molar-refractivity contribution is 5.72. The third-order valence-corrected chi connectivity index (χ3v) is 2.76. The van der Waals surface area contributed by atoms with Crippen LogP contribution in [0.1, 0.15) is 42.3 Å². The maximum atomic E-state index is 12.7. The molecule has 0 aromatic carbocycles. The van der Waals surface area contributed by atoms with Crippen LogP contribution in [0.4, 0.5) is 13.2 Å². The molecule has 0 saturated carbocycles. The van der Waals surface area contributed by atoms with E-state index in [1.807, 2.05) is 0 Å². The van der Waals surface area contributed by atoms with Gasteiger partial charge in [0.2, 0.25) is 0 Å². The van der Waals surface area contributed by atoms with E-state index in [-0.39, 0.29) is 17.9 Å². The van der Waals surface area contributed by atoms with Crippen molar-refractivity contribution in [2.24, 2.45) is 0 Å². The molecular formula is C14H18F3N3O2. The third kappa shape index (κ3) is 4.71. The topological polar surface area (TPSA) is 60.9 Å². The molecule has 0 spiro atoms. The van der Waals surface area contributed by atoms with E-state index in [0.717, 1.165) is 0 Å². The fraction of sp³-hybridized carbons (Fsp3) is 0.500. The highest BCUT2D eigenvalue weighted by atomic mass is 19.4. The monoisotopic (exact) mass is 317 g/mol. The molecule has 8 heteroatoms. The molecule has 0 aliphatic rings. The average molecular weight is 317 g/mol. The standard InChI is InChI=1S/C11H12F3N3O.C3H6O/c1-6-4-9(18-16-6)5-17-8(3)7(2)10(15-17)11(12,13)14;1-3(2)4/h4H,5H2,1-3H3;1-2H3. The number of halogens is 3. The third-order valence-electron chi connectivity index (χ3n) is 2.76. The fourth-order valence-corrected chi connectivity index (χ4v) is 1.70. The van der Waals surface area contributed by atoms with Gasteiger partial charge in [0.25, 0.3) is 0 Å².